The van der Waals surface area contributed by atoms with Crippen LogP contribution in [0.1, 0.15) is 54.3 Å². The van der Waals surface area contributed by atoms with E-state index in [1.165, 1.54) is 16.4 Å². The van der Waals surface area contributed by atoms with E-state index in [0.717, 1.165) is 0 Å². The van der Waals surface area contributed by atoms with Gasteiger partial charge >= 0.3 is 0 Å². The number of carbonyl (C=O) groups is 1. The molecule has 0 radical (unpaired) electrons. The molecule has 6 nitrogen and oxygen atoms in total. The van der Waals surface area contributed by atoms with Crippen LogP contribution in [0, 0.1) is 0 Å². The number of amides is 1. The maximum absolute atomic E-state index is 12.0. The normalized spacial score (nSPS) is 14.2. The Labute approximate surface area is 124 Å². The first-order valence-electron chi connectivity index (χ1n) is 6.61. The highest BCUT2D eigenvalue weighted by Crippen LogP contribution is 2.25. The van der Waals surface area contributed by atoms with E-state index < -0.39 is 0 Å². The van der Waals surface area contributed by atoms with E-state index in [2.05, 4.69) is 15.5 Å². The molecule has 7 heteroatoms. The van der Waals surface area contributed by atoms with Gasteiger partial charge in [-0.05, 0) is 27.7 Å². The number of hydrogen-bond acceptors (Lipinski definition) is 5. The van der Waals surface area contributed by atoms with Crippen molar-refractivity contribution in [2.24, 2.45) is 0 Å². The largest absolute Gasteiger partial charge is 0.351 e. The van der Waals surface area contributed by atoms with E-state index in [1.54, 1.807) is 0 Å². The minimum Gasteiger partial charge on any atom is -0.351 e. The second kappa shape index (κ2) is 5.63. The molecule has 0 aromatic carbocycles. The smallest absolute Gasteiger partial charge is 0.233 e. The zero-order valence-corrected chi connectivity index (χ0v) is 14.1. The van der Waals surface area contributed by atoms with Crippen molar-refractivity contribution < 1.29 is 4.79 Å². The molecule has 20 heavy (non-hydrogen) atoms. The summed E-state index contributed by atoms with van der Waals surface area (Å²) in [5, 5.41) is 11.4. The Hall–Kier alpha value is -1.24. The molecule has 1 unspecified atom stereocenters. The Morgan fingerprint density at radius 2 is 1.80 bits per heavy atom. The first kappa shape index (κ1) is 16.8. The summed E-state index contributed by atoms with van der Waals surface area (Å²) in [6, 6.07) is 0. The highest BCUT2D eigenvalue weighted by atomic mass is 32.2. The lowest BCUT2D eigenvalue weighted by molar-refractivity contribution is -0.121. The van der Waals surface area contributed by atoms with Crippen molar-refractivity contribution >= 4 is 17.7 Å². The predicted octanol–water partition coefficient (Wildman–Crippen LogP) is 1.68. The third kappa shape index (κ3) is 4.40. The van der Waals surface area contributed by atoms with E-state index in [0.29, 0.717) is 11.0 Å². The van der Waals surface area contributed by atoms with Crippen LogP contribution in [0.2, 0.25) is 0 Å². The van der Waals surface area contributed by atoms with Crippen molar-refractivity contribution in [3.63, 3.8) is 0 Å². The summed E-state index contributed by atoms with van der Waals surface area (Å²) in [6.07, 6.45) is 0. The summed E-state index contributed by atoms with van der Waals surface area (Å²) >= 11 is 1.31. The first-order chi connectivity index (χ1) is 8.92. The van der Waals surface area contributed by atoms with Gasteiger partial charge in [0.05, 0.1) is 5.25 Å². The number of thioether (sulfide) groups is 1. The van der Waals surface area contributed by atoms with E-state index in [1.807, 2.05) is 48.5 Å². The standard InChI is InChI=1S/C13H25N5OS/c1-8(9(19)15-13(5,6)7)20-11-17-16-10(18(11)14)12(2,3)4/h8H,14H2,1-7H3,(H,15,19). The van der Waals surface area contributed by atoms with Crippen LogP contribution in [0.5, 0.6) is 0 Å². The molecule has 1 aromatic heterocycles. The van der Waals surface area contributed by atoms with Gasteiger partial charge in [-0.25, -0.2) is 4.68 Å². The number of carbonyl (C=O) groups excluding carboxylic acids is 1. The molecule has 1 atom stereocenters. The number of nitrogens with two attached hydrogens (primary N) is 1. The van der Waals surface area contributed by atoms with Crippen LogP contribution in [0.3, 0.4) is 0 Å². The Morgan fingerprint density at radius 3 is 2.20 bits per heavy atom. The fourth-order valence-electron chi connectivity index (χ4n) is 1.55. The number of nitrogens with zero attached hydrogens (tertiary/aromatic N) is 3. The summed E-state index contributed by atoms with van der Waals surface area (Å²) in [7, 11) is 0. The average molecular weight is 299 g/mol. The molecule has 1 heterocycles. The molecule has 0 fully saturated rings. The third-order valence-corrected chi connectivity index (χ3v) is 3.54. The Morgan fingerprint density at radius 1 is 1.25 bits per heavy atom. The van der Waals surface area contributed by atoms with Crippen molar-refractivity contribution in [3.8, 4) is 0 Å². The SMILES string of the molecule is CC(Sc1nnc(C(C)(C)C)n1N)C(=O)NC(C)(C)C. The van der Waals surface area contributed by atoms with Crippen molar-refractivity contribution in [3.05, 3.63) is 5.82 Å². The average Bonchev–Trinajstić information content (AvgIpc) is 2.57. The van der Waals surface area contributed by atoms with Crippen LogP contribution >= 0.6 is 11.8 Å². The quantitative estimate of drug-likeness (QED) is 0.655. The molecule has 1 aromatic rings. The molecule has 0 aliphatic carbocycles. The molecule has 0 saturated heterocycles. The minimum atomic E-state index is -0.284. The summed E-state index contributed by atoms with van der Waals surface area (Å²) in [5.74, 6) is 6.66. The molecule has 1 amide bonds. The second-order valence-electron chi connectivity index (χ2n) is 6.93. The van der Waals surface area contributed by atoms with Crippen molar-refractivity contribution in [1.82, 2.24) is 20.2 Å². The first-order valence-corrected chi connectivity index (χ1v) is 7.49. The topological polar surface area (TPSA) is 85.8 Å². The van der Waals surface area contributed by atoms with Gasteiger partial charge < -0.3 is 11.2 Å². The van der Waals surface area contributed by atoms with Gasteiger partial charge in [-0.2, -0.15) is 0 Å². The maximum Gasteiger partial charge on any atom is 0.233 e. The molecule has 0 saturated carbocycles. The molecule has 114 valence electrons. The molecular formula is C13H25N5OS. The highest BCUT2D eigenvalue weighted by Gasteiger charge is 2.26. The Kier molecular flexibility index (Phi) is 4.74. The molecule has 0 aliphatic rings. The van der Waals surface area contributed by atoms with E-state index in [9.17, 15) is 4.79 Å². The summed E-state index contributed by atoms with van der Waals surface area (Å²) in [6.45, 7) is 13.7. The van der Waals surface area contributed by atoms with Gasteiger partial charge in [0.25, 0.3) is 0 Å². The number of nitrogens with one attached hydrogen (secondary N) is 1. The fraction of sp³-hybridized carbons (Fsp3) is 0.769. The molecule has 0 aliphatic heterocycles. The van der Waals surface area contributed by atoms with Crippen LogP contribution in [0.25, 0.3) is 0 Å². The van der Waals surface area contributed by atoms with Crippen LogP contribution in [-0.4, -0.2) is 31.6 Å². The third-order valence-electron chi connectivity index (χ3n) is 2.48. The van der Waals surface area contributed by atoms with E-state index in [-0.39, 0.29) is 22.1 Å². The van der Waals surface area contributed by atoms with Crippen LogP contribution in [0.15, 0.2) is 5.16 Å². The number of aromatic nitrogens is 3. The van der Waals surface area contributed by atoms with Crippen molar-refractivity contribution in [1.29, 1.82) is 0 Å². The van der Waals surface area contributed by atoms with Gasteiger partial charge in [0.15, 0.2) is 5.82 Å². The zero-order chi connectivity index (χ0) is 15.7. The Bertz CT molecular complexity index is 484. The maximum atomic E-state index is 12.0. The molecule has 0 bridgehead atoms. The van der Waals surface area contributed by atoms with Gasteiger partial charge in [-0.3, -0.25) is 4.79 Å². The molecular weight excluding hydrogens is 274 g/mol. The molecule has 0 spiro atoms. The number of nitrogen functional groups attached to an aromatic ring is 1. The summed E-state index contributed by atoms with van der Waals surface area (Å²) < 4.78 is 1.46. The van der Waals surface area contributed by atoms with Gasteiger partial charge in [0, 0.05) is 11.0 Å². The lowest BCUT2D eigenvalue weighted by Crippen LogP contribution is -2.44. The van der Waals surface area contributed by atoms with Crippen LogP contribution < -0.4 is 11.2 Å². The molecule has 1 rings (SSSR count). The summed E-state index contributed by atoms with van der Waals surface area (Å²) in [4.78, 5) is 12.0. The predicted molar refractivity (Wildman–Crippen MR) is 82.1 cm³/mol. The molecule has 3 N–H and O–H groups in total. The second-order valence-corrected chi connectivity index (χ2v) is 8.23. The lowest BCUT2D eigenvalue weighted by atomic mass is 9.96. The van der Waals surface area contributed by atoms with Crippen LogP contribution in [-0.2, 0) is 10.2 Å². The Balaban J connectivity index is 2.80. The fourth-order valence-corrected chi connectivity index (χ4v) is 2.32. The minimum absolute atomic E-state index is 0.0391. The van der Waals surface area contributed by atoms with Crippen molar-refractivity contribution in [2.75, 3.05) is 5.84 Å². The van der Waals surface area contributed by atoms with E-state index >= 15 is 0 Å². The zero-order valence-electron chi connectivity index (χ0n) is 13.3. The van der Waals surface area contributed by atoms with Gasteiger partial charge in [0.2, 0.25) is 11.1 Å². The van der Waals surface area contributed by atoms with Crippen molar-refractivity contribution in [2.45, 2.75) is 69.8 Å². The number of hydrogen-bond donors (Lipinski definition) is 2. The van der Waals surface area contributed by atoms with E-state index in [4.69, 9.17) is 5.84 Å². The lowest BCUT2D eigenvalue weighted by Gasteiger charge is -2.23. The summed E-state index contributed by atoms with van der Waals surface area (Å²) in [5.41, 5.74) is -0.434. The van der Waals surface area contributed by atoms with Gasteiger partial charge in [-0.1, -0.05) is 32.5 Å². The van der Waals surface area contributed by atoms with Crippen LogP contribution in [0.4, 0.5) is 0 Å². The number of rotatable bonds is 3. The van der Waals surface area contributed by atoms with Gasteiger partial charge in [0.1, 0.15) is 0 Å². The van der Waals surface area contributed by atoms with Gasteiger partial charge in [-0.15, -0.1) is 10.2 Å². The monoisotopic (exact) mass is 299 g/mol. The highest BCUT2D eigenvalue weighted by molar-refractivity contribution is 8.00.